The van der Waals surface area contributed by atoms with E-state index in [1.807, 2.05) is 18.2 Å². The number of nitrogens with zero attached hydrogens (tertiary/aromatic N) is 2. The molecule has 0 spiro atoms. The zero-order valence-corrected chi connectivity index (χ0v) is 20.6. The van der Waals surface area contributed by atoms with Gasteiger partial charge in [-0.05, 0) is 61.1 Å². The smallest absolute Gasteiger partial charge is 0.273 e. The number of hydrogen-bond donors (Lipinski definition) is 2. The van der Waals surface area contributed by atoms with Gasteiger partial charge in [0.05, 0.1) is 29.2 Å². The molecule has 1 amide bonds. The predicted molar refractivity (Wildman–Crippen MR) is 133 cm³/mol. The van der Waals surface area contributed by atoms with E-state index in [-0.39, 0.29) is 12.1 Å². The summed E-state index contributed by atoms with van der Waals surface area (Å²) in [5.41, 5.74) is 3.43. The van der Waals surface area contributed by atoms with Crippen LogP contribution in [0, 0.1) is 11.8 Å². The maximum atomic E-state index is 13.6. The number of benzene rings is 2. The van der Waals surface area contributed by atoms with Gasteiger partial charge >= 0.3 is 0 Å². The molecule has 2 N–H and O–H groups in total. The summed E-state index contributed by atoms with van der Waals surface area (Å²) in [4.78, 5) is 13.6. The molecule has 2 fully saturated rings. The van der Waals surface area contributed by atoms with Crippen molar-refractivity contribution in [3.05, 3.63) is 62.7 Å². The van der Waals surface area contributed by atoms with Gasteiger partial charge < -0.3 is 10.1 Å². The third-order valence-electron chi connectivity index (χ3n) is 7.18. The fourth-order valence-corrected chi connectivity index (χ4v) is 6.25. The lowest BCUT2D eigenvalue weighted by Gasteiger charge is -2.19. The summed E-state index contributed by atoms with van der Waals surface area (Å²) < 4.78 is 7.74. The van der Waals surface area contributed by atoms with Crippen molar-refractivity contribution in [2.45, 2.75) is 31.8 Å². The second kappa shape index (κ2) is 8.76. The average Bonchev–Trinajstić information content (AvgIpc) is 3.48. The van der Waals surface area contributed by atoms with E-state index in [9.17, 15) is 4.79 Å². The molecule has 176 valence electrons. The maximum absolute atomic E-state index is 13.6. The minimum Gasteiger partial charge on any atom is -0.492 e. The van der Waals surface area contributed by atoms with E-state index < -0.39 is 0 Å². The van der Waals surface area contributed by atoms with Gasteiger partial charge in [0, 0.05) is 34.1 Å². The quantitative estimate of drug-likeness (QED) is 0.481. The largest absolute Gasteiger partial charge is 0.492 e. The summed E-state index contributed by atoms with van der Waals surface area (Å²) in [5, 5.41) is 13.1. The van der Waals surface area contributed by atoms with Crippen molar-refractivity contribution in [3.63, 3.8) is 0 Å². The summed E-state index contributed by atoms with van der Waals surface area (Å²) in [6.07, 6.45) is 4.07. The molecule has 2 aliphatic heterocycles. The fourth-order valence-electron chi connectivity index (χ4n) is 5.60. The zero-order chi connectivity index (χ0) is 23.4. The second-order valence-corrected chi connectivity index (χ2v) is 10.4. The number of aromatic nitrogens is 2. The van der Waals surface area contributed by atoms with E-state index in [1.165, 1.54) is 12.8 Å². The lowest BCUT2D eigenvalue weighted by Crippen LogP contribution is -2.45. The molecular weight excluding hydrogens is 495 g/mol. The van der Waals surface area contributed by atoms with E-state index in [4.69, 9.17) is 44.6 Å². The summed E-state index contributed by atoms with van der Waals surface area (Å²) in [6, 6.07) is 10.7. The molecule has 2 aromatic carbocycles. The lowest BCUT2D eigenvalue weighted by molar-refractivity contribution is 0.0914. The number of amides is 1. The van der Waals surface area contributed by atoms with Crippen LogP contribution in [0.15, 0.2) is 36.4 Å². The topological polar surface area (TPSA) is 68.2 Å². The molecule has 3 heterocycles. The van der Waals surface area contributed by atoms with E-state index in [0.29, 0.717) is 57.1 Å². The van der Waals surface area contributed by atoms with Crippen molar-refractivity contribution in [3.8, 4) is 22.7 Å². The lowest BCUT2D eigenvalue weighted by atomic mass is 9.98. The molecule has 3 atom stereocenters. The van der Waals surface area contributed by atoms with Crippen molar-refractivity contribution >= 4 is 40.7 Å². The van der Waals surface area contributed by atoms with Crippen LogP contribution in [0.2, 0.25) is 15.1 Å². The van der Waals surface area contributed by atoms with E-state index >= 15 is 0 Å². The summed E-state index contributed by atoms with van der Waals surface area (Å²) in [7, 11) is 0. The average molecular weight is 518 g/mol. The number of nitrogens with one attached hydrogen (secondary N) is 2. The van der Waals surface area contributed by atoms with Crippen LogP contribution in [0.5, 0.6) is 5.75 Å². The van der Waals surface area contributed by atoms with Gasteiger partial charge in [0.2, 0.25) is 0 Å². The van der Waals surface area contributed by atoms with Crippen molar-refractivity contribution in [1.82, 2.24) is 20.4 Å². The summed E-state index contributed by atoms with van der Waals surface area (Å²) in [5.74, 6) is 1.57. The number of fused-ring (bicyclic) bond motifs is 4. The van der Waals surface area contributed by atoms with Crippen LogP contribution >= 0.6 is 34.8 Å². The Balaban J connectivity index is 1.47. The van der Waals surface area contributed by atoms with Crippen molar-refractivity contribution in [2.75, 3.05) is 13.2 Å². The first-order valence-electron chi connectivity index (χ1n) is 11.5. The normalized spacial score (nSPS) is 23.0. The van der Waals surface area contributed by atoms with Gasteiger partial charge in [-0.15, -0.1) is 0 Å². The molecule has 1 saturated heterocycles. The van der Waals surface area contributed by atoms with Crippen molar-refractivity contribution in [1.29, 1.82) is 0 Å². The molecule has 9 heteroatoms. The van der Waals surface area contributed by atoms with Gasteiger partial charge in [-0.25, -0.2) is 4.68 Å². The van der Waals surface area contributed by atoms with Crippen LogP contribution in [0.4, 0.5) is 0 Å². The van der Waals surface area contributed by atoms with Crippen LogP contribution in [-0.4, -0.2) is 35.0 Å². The molecule has 0 radical (unpaired) electrons. The number of hydrogen-bond acceptors (Lipinski definition) is 4. The first-order chi connectivity index (χ1) is 16.5. The van der Waals surface area contributed by atoms with Crippen LogP contribution in [0.1, 0.15) is 35.3 Å². The standard InChI is InChI=1S/C25H23Cl3N4O2/c26-14-5-7-20(19(28)10-14)32-23-17-6-4-15(27)11-21(17)34-9-8-18(23)22(31-32)25(33)30-24-16-3-1-2-13(16)12-29-24/h4-7,10-11,13,16,24,29H,1-3,8-9,12H2,(H,30,33). The summed E-state index contributed by atoms with van der Waals surface area (Å²) >= 11 is 19.0. The van der Waals surface area contributed by atoms with Crippen LogP contribution in [0.25, 0.3) is 16.9 Å². The molecule has 6 nitrogen and oxygen atoms in total. The number of carbonyl (C=O) groups is 1. The van der Waals surface area contributed by atoms with E-state index in [2.05, 4.69) is 10.6 Å². The van der Waals surface area contributed by atoms with Crippen LogP contribution < -0.4 is 15.4 Å². The minimum absolute atomic E-state index is 0.0342. The van der Waals surface area contributed by atoms with Crippen molar-refractivity contribution in [2.24, 2.45) is 11.8 Å². The highest BCUT2D eigenvalue weighted by molar-refractivity contribution is 6.35. The Morgan fingerprint density at radius 1 is 1.12 bits per heavy atom. The van der Waals surface area contributed by atoms with Gasteiger partial charge in [0.15, 0.2) is 5.69 Å². The van der Waals surface area contributed by atoms with Gasteiger partial charge in [0.1, 0.15) is 5.75 Å². The molecule has 3 unspecified atom stereocenters. The molecule has 0 bridgehead atoms. The highest BCUT2D eigenvalue weighted by atomic mass is 35.5. The number of carbonyl (C=O) groups excluding carboxylic acids is 1. The Kier molecular flexibility index (Phi) is 5.72. The van der Waals surface area contributed by atoms with Crippen LogP contribution in [0.3, 0.4) is 0 Å². The Morgan fingerprint density at radius 2 is 1.94 bits per heavy atom. The first-order valence-corrected chi connectivity index (χ1v) is 12.7. The molecule has 1 aliphatic carbocycles. The fraction of sp³-hybridized carbons (Fsp3) is 0.360. The van der Waals surface area contributed by atoms with Gasteiger partial charge in [-0.1, -0.05) is 41.2 Å². The monoisotopic (exact) mass is 516 g/mol. The van der Waals surface area contributed by atoms with E-state index in [1.54, 1.807) is 22.9 Å². The Labute approximate surface area is 212 Å². The third-order valence-corrected chi connectivity index (χ3v) is 7.95. The highest BCUT2D eigenvalue weighted by Gasteiger charge is 2.40. The maximum Gasteiger partial charge on any atom is 0.273 e. The zero-order valence-electron chi connectivity index (χ0n) is 18.3. The first kappa shape index (κ1) is 22.2. The molecule has 34 heavy (non-hydrogen) atoms. The minimum atomic E-state index is -0.192. The second-order valence-electron chi connectivity index (χ2n) is 9.14. The number of halogens is 3. The van der Waals surface area contributed by atoms with Crippen molar-refractivity contribution < 1.29 is 9.53 Å². The SMILES string of the molecule is O=C(NC1NCC2CCCC21)c1nn(-c2ccc(Cl)cc2Cl)c2c1CCOc1cc(Cl)ccc1-2. The molecular formula is C25H23Cl3N4O2. The molecule has 6 rings (SSSR count). The van der Waals surface area contributed by atoms with Gasteiger partial charge in [0.25, 0.3) is 5.91 Å². The van der Waals surface area contributed by atoms with Gasteiger partial charge in [-0.2, -0.15) is 5.10 Å². The number of rotatable bonds is 3. The number of ether oxygens (including phenoxy) is 1. The predicted octanol–water partition coefficient (Wildman–Crippen LogP) is 5.51. The molecule has 1 aromatic heterocycles. The van der Waals surface area contributed by atoms with Crippen LogP contribution in [-0.2, 0) is 6.42 Å². The Bertz CT molecular complexity index is 1290. The Morgan fingerprint density at radius 3 is 2.79 bits per heavy atom. The highest BCUT2D eigenvalue weighted by Crippen LogP contribution is 2.41. The Hall–Kier alpha value is -2.25. The van der Waals surface area contributed by atoms with E-state index in [0.717, 1.165) is 29.8 Å². The third kappa shape index (κ3) is 3.77. The molecule has 3 aromatic rings. The molecule has 1 saturated carbocycles. The molecule has 3 aliphatic rings. The summed E-state index contributed by atoms with van der Waals surface area (Å²) in [6.45, 7) is 1.36. The van der Waals surface area contributed by atoms with Gasteiger partial charge in [-0.3, -0.25) is 10.1 Å².